The quantitative estimate of drug-likeness (QED) is 0.552. The molecule has 0 aromatic rings. The summed E-state index contributed by atoms with van der Waals surface area (Å²) >= 11 is 0. The topological polar surface area (TPSA) is 57.6 Å². The third kappa shape index (κ3) is 1.47. The summed E-state index contributed by atoms with van der Waals surface area (Å²) in [5.41, 5.74) is 0. The summed E-state index contributed by atoms with van der Waals surface area (Å²) in [7, 11) is -2.13. The van der Waals surface area contributed by atoms with Gasteiger partial charge in [-0.3, -0.25) is 9.45 Å². The first-order valence-electron chi connectivity index (χ1n) is 3.18. The molecule has 1 atom stereocenters. The lowest BCUT2D eigenvalue weighted by atomic mass is 10.4. The van der Waals surface area contributed by atoms with Gasteiger partial charge in [-0.25, -0.2) is 0 Å². The lowest BCUT2D eigenvalue weighted by Gasteiger charge is -2.14. The molecule has 0 bridgehead atoms. The van der Waals surface area contributed by atoms with Crippen molar-refractivity contribution in [3.05, 3.63) is 0 Å². The summed E-state index contributed by atoms with van der Waals surface area (Å²) in [6, 6.07) is 0. The van der Waals surface area contributed by atoms with Crippen molar-refractivity contribution in [2.75, 3.05) is 13.6 Å². The van der Waals surface area contributed by atoms with E-state index in [0.717, 1.165) is 13.0 Å². The van der Waals surface area contributed by atoms with Crippen LogP contribution in [0.2, 0.25) is 0 Å². The number of hydrogen-bond acceptors (Lipinski definition) is 3. The molecule has 1 fully saturated rings. The van der Waals surface area contributed by atoms with Crippen molar-refractivity contribution in [1.82, 2.24) is 4.90 Å². The summed E-state index contributed by atoms with van der Waals surface area (Å²) in [4.78, 5) is 1.65. The zero-order chi connectivity index (χ0) is 7.78. The minimum absolute atomic E-state index is 0.551. The molecule has 0 radical (unpaired) electrons. The van der Waals surface area contributed by atoms with E-state index in [1.807, 2.05) is 0 Å². The largest absolute Gasteiger partial charge is 0.288 e. The Morgan fingerprint density at radius 2 is 2.20 bits per heavy atom. The highest BCUT2D eigenvalue weighted by molar-refractivity contribution is 7.86. The SMILES string of the molecule is CN1CCCC1S(=O)(=O)O. The molecular formula is C5H11NO3S. The maximum absolute atomic E-state index is 10.6. The van der Waals surface area contributed by atoms with Crippen LogP contribution < -0.4 is 0 Å². The third-order valence-electron chi connectivity index (χ3n) is 1.80. The van der Waals surface area contributed by atoms with Crippen molar-refractivity contribution in [2.24, 2.45) is 0 Å². The van der Waals surface area contributed by atoms with E-state index < -0.39 is 15.5 Å². The number of likely N-dealkylation sites (tertiary alicyclic amines) is 1. The van der Waals surface area contributed by atoms with Crippen LogP contribution in [0.25, 0.3) is 0 Å². The van der Waals surface area contributed by atoms with E-state index in [0.29, 0.717) is 6.42 Å². The Hall–Kier alpha value is -0.130. The van der Waals surface area contributed by atoms with Crippen molar-refractivity contribution < 1.29 is 13.0 Å². The normalized spacial score (nSPS) is 29.2. The van der Waals surface area contributed by atoms with Crippen LogP contribution >= 0.6 is 0 Å². The molecule has 1 N–H and O–H groups in total. The second-order valence-corrected chi connectivity index (χ2v) is 4.17. The highest BCUT2D eigenvalue weighted by atomic mass is 32.2. The van der Waals surface area contributed by atoms with Crippen LogP contribution in [0.15, 0.2) is 0 Å². The summed E-state index contributed by atoms with van der Waals surface area (Å²) in [6.07, 6.45) is 1.40. The van der Waals surface area contributed by atoms with Gasteiger partial charge in [0.25, 0.3) is 10.1 Å². The molecule has 1 aliphatic rings. The zero-order valence-electron chi connectivity index (χ0n) is 5.82. The van der Waals surface area contributed by atoms with Crippen LogP contribution in [0.1, 0.15) is 12.8 Å². The minimum atomic E-state index is -3.83. The van der Waals surface area contributed by atoms with Crippen molar-refractivity contribution in [3.8, 4) is 0 Å². The van der Waals surface area contributed by atoms with E-state index >= 15 is 0 Å². The molecule has 0 aromatic heterocycles. The number of nitrogens with zero attached hydrogens (tertiary/aromatic N) is 1. The summed E-state index contributed by atoms with van der Waals surface area (Å²) in [6.45, 7) is 0.754. The molecule has 1 aliphatic heterocycles. The van der Waals surface area contributed by atoms with Crippen LogP contribution in [-0.4, -0.2) is 36.8 Å². The molecular weight excluding hydrogens is 154 g/mol. The van der Waals surface area contributed by atoms with E-state index in [4.69, 9.17) is 4.55 Å². The van der Waals surface area contributed by atoms with Gasteiger partial charge in [0.1, 0.15) is 5.37 Å². The maximum Gasteiger partial charge on any atom is 0.281 e. The molecule has 0 amide bonds. The highest BCUT2D eigenvalue weighted by Crippen LogP contribution is 2.18. The molecule has 1 saturated heterocycles. The molecule has 0 aromatic carbocycles. The first-order valence-corrected chi connectivity index (χ1v) is 4.68. The van der Waals surface area contributed by atoms with E-state index in [-0.39, 0.29) is 0 Å². The Balaban J connectivity index is 2.74. The molecule has 0 saturated carbocycles. The van der Waals surface area contributed by atoms with Gasteiger partial charge in [0.2, 0.25) is 0 Å². The first kappa shape index (κ1) is 7.97. The van der Waals surface area contributed by atoms with E-state index in [9.17, 15) is 8.42 Å². The second-order valence-electron chi connectivity index (χ2n) is 2.59. The van der Waals surface area contributed by atoms with Gasteiger partial charge < -0.3 is 0 Å². The predicted octanol–water partition coefficient (Wildman–Crippen LogP) is -0.0741. The fourth-order valence-electron chi connectivity index (χ4n) is 1.26. The Bertz CT molecular complexity index is 211. The molecule has 10 heavy (non-hydrogen) atoms. The van der Waals surface area contributed by atoms with Gasteiger partial charge in [-0.2, -0.15) is 8.42 Å². The Labute approximate surface area is 60.6 Å². The standard InChI is InChI=1S/C5H11NO3S/c1-6-4-2-3-5(6)10(7,8)9/h5H,2-4H2,1H3,(H,7,8,9). The van der Waals surface area contributed by atoms with Crippen LogP contribution in [0.5, 0.6) is 0 Å². The van der Waals surface area contributed by atoms with Gasteiger partial charge >= 0.3 is 0 Å². The summed E-state index contributed by atoms with van der Waals surface area (Å²) < 4.78 is 29.7. The Morgan fingerprint density at radius 1 is 1.60 bits per heavy atom. The monoisotopic (exact) mass is 165 g/mol. The maximum atomic E-state index is 10.6. The molecule has 1 heterocycles. The Kier molecular flexibility index (Phi) is 1.98. The fraction of sp³-hybridized carbons (Fsp3) is 1.00. The van der Waals surface area contributed by atoms with Crippen LogP contribution in [0.3, 0.4) is 0 Å². The van der Waals surface area contributed by atoms with Crippen LogP contribution in [-0.2, 0) is 10.1 Å². The fourth-order valence-corrected chi connectivity index (χ4v) is 2.28. The number of hydrogen-bond donors (Lipinski definition) is 1. The summed E-state index contributed by atoms with van der Waals surface area (Å²) in [5.74, 6) is 0. The highest BCUT2D eigenvalue weighted by Gasteiger charge is 2.31. The van der Waals surface area contributed by atoms with Crippen molar-refractivity contribution in [2.45, 2.75) is 18.2 Å². The average molecular weight is 165 g/mol. The van der Waals surface area contributed by atoms with Gasteiger partial charge in [-0.05, 0) is 26.4 Å². The Morgan fingerprint density at radius 3 is 2.40 bits per heavy atom. The van der Waals surface area contributed by atoms with Crippen molar-refractivity contribution in [1.29, 1.82) is 0 Å². The third-order valence-corrected chi connectivity index (χ3v) is 3.08. The van der Waals surface area contributed by atoms with Crippen molar-refractivity contribution in [3.63, 3.8) is 0 Å². The first-order chi connectivity index (χ1) is 4.52. The van der Waals surface area contributed by atoms with Crippen molar-refractivity contribution >= 4 is 10.1 Å². The van der Waals surface area contributed by atoms with Crippen LogP contribution in [0.4, 0.5) is 0 Å². The van der Waals surface area contributed by atoms with Gasteiger partial charge in [0, 0.05) is 0 Å². The number of rotatable bonds is 1. The molecule has 1 rings (SSSR count). The van der Waals surface area contributed by atoms with Gasteiger partial charge in [0.05, 0.1) is 0 Å². The minimum Gasteiger partial charge on any atom is -0.288 e. The van der Waals surface area contributed by atoms with Gasteiger partial charge in [0.15, 0.2) is 0 Å². The lowest BCUT2D eigenvalue weighted by molar-refractivity contribution is 0.347. The average Bonchev–Trinajstić information content (AvgIpc) is 2.11. The predicted molar refractivity (Wildman–Crippen MR) is 37.2 cm³/mol. The molecule has 60 valence electrons. The molecule has 0 aliphatic carbocycles. The van der Waals surface area contributed by atoms with Gasteiger partial charge in [-0.15, -0.1) is 0 Å². The van der Waals surface area contributed by atoms with E-state index in [1.54, 1.807) is 11.9 Å². The van der Waals surface area contributed by atoms with E-state index in [1.165, 1.54) is 0 Å². The lowest BCUT2D eigenvalue weighted by Crippen LogP contribution is -2.32. The van der Waals surface area contributed by atoms with E-state index in [2.05, 4.69) is 0 Å². The molecule has 5 heteroatoms. The molecule has 1 unspecified atom stereocenters. The second kappa shape index (κ2) is 2.48. The van der Waals surface area contributed by atoms with Gasteiger partial charge in [-0.1, -0.05) is 0 Å². The molecule has 0 spiro atoms. The zero-order valence-corrected chi connectivity index (χ0v) is 6.63. The summed E-state index contributed by atoms with van der Waals surface area (Å²) in [5, 5.41) is -0.660. The molecule has 4 nitrogen and oxygen atoms in total. The smallest absolute Gasteiger partial charge is 0.281 e. The van der Waals surface area contributed by atoms with Crippen LogP contribution in [0, 0.1) is 0 Å².